The van der Waals surface area contributed by atoms with Gasteiger partial charge >= 0.3 is 0 Å². The molecule has 0 aliphatic carbocycles. The number of rotatable bonds is 5. The molecule has 0 saturated heterocycles. The Balaban J connectivity index is 2.51. The predicted octanol–water partition coefficient (Wildman–Crippen LogP) is 4.13. The van der Waals surface area contributed by atoms with Crippen molar-refractivity contribution >= 4 is 11.6 Å². The molecule has 0 fully saturated rings. The maximum atomic E-state index is 6.08. The lowest BCUT2D eigenvalue weighted by molar-refractivity contribution is 0.341. The second-order valence-electron chi connectivity index (χ2n) is 4.26. The third kappa shape index (κ3) is 3.28. The topological polar surface area (TPSA) is 21.3 Å². The zero-order valence-corrected chi connectivity index (χ0v) is 12.0. The van der Waals surface area contributed by atoms with Crippen LogP contribution in [0.15, 0.2) is 42.5 Å². The van der Waals surface area contributed by atoms with Crippen molar-refractivity contribution in [2.24, 2.45) is 0 Å². The Labute approximate surface area is 119 Å². The summed E-state index contributed by atoms with van der Waals surface area (Å²) in [5.41, 5.74) is 3.43. The molecule has 100 valence electrons. The van der Waals surface area contributed by atoms with Gasteiger partial charge in [-0.3, -0.25) is 0 Å². The summed E-state index contributed by atoms with van der Waals surface area (Å²) in [4.78, 5) is 0. The summed E-state index contributed by atoms with van der Waals surface area (Å²) in [6, 6.07) is 14.0. The van der Waals surface area contributed by atoms with Crippen molar-refractivity contribution in [3.63, 3.8) is 0 Å². The van der Waals surface area contributed by atoms with Crippen LogP contribution >= 0.6 is 11.6 Å². The fraction of sp³-hybridized carbons (Fsp3) is 0.250. The van der Waals surface area contributed by atoms with E-state index in [1.54, 1.807) is 0 Å². The van der Waals surface area contributed by atoms with Crippen LogP contribution in [-0.4, -0.2) is 13.7 Å². The first-order valence-corrected chi connectivity index (χ1v) is 6.79. The first-order chi connectivity index (χ1) is 9.26. The third-order valence-electron chi connectivity index (χ3n) is 2.91. The summed E-state index contributed by atoms with van der Waals surface area (Å²) in [7, 11) is 1.93. The van der Waals surface area contributed by atoms with Crippen molar-refractivity contribution < 1.29 is 4.74 Å². The van der Waals surface area contributed by atoms with Crippen molar-refractivity contribution in [3.05, 3.63) is 53.1 Å². The number of nitrogens with one attached hydrogen (secondary N) is 1. The lowest BCUT2D eigenvalue weighted by atomic mass is 9.99. The van der Waals surface area contributed by atoms with Crippen LogP contribution in [0.1, 0.15) is 12.5 Å². The molecule has 0 heterocycles. The molecule has 2 rings (SSSR count). The van der Waals surface area contributed by atoms with E-state index in [2.05, 4.69) is 11.4 Å². The van der Waals surface area contributed by atoms with Crippen LogP contribution in [0.5, 0.6) is 5.75 Å². The lowest BCUT2D eigenvalue weighted by Gasteiger charge is -2.14. The van der Waals surface area contributed by atoms with E-state index in [-0.39, 0.29) is 0 Å². The van der Waals surface area contributed by atoms with Gasteiger partial charge in [-0.05, 0) is 43.3 Å². The van der Waals surface area contributed by atoms with Gasteiger partial charge in [0.05, 0.1) is 6.61 Å². The Kier molecular flexibility index (Phi) is 4.83. The van der Waals surface area contributed by atoms with Gasteiger partial charge in [0.15, 0.2) is 0 Å². The molecule has 0 spiro atoms. The first kappa shape index (κ1) is 13.9. The highest BCUT2D eigenvalue weighted by Gasteiger charge is 2.10. The molecule has 0 radical (unpaired) electrons. The molecule has 2 aromatic carbocycles. The molecule has 19 heavy (non-hydrogen) atoms. The van der Waals surface area contributed by atoms with Crippen molar-refractivity contribution in [1.82, 2.24) is 5.32 Å². The van der Waals surface area contributed by atoms with E-state index < -0.39 is 0 Å². The Bertz CT molecular complexity index is 554. The molecule has 2 nitrogen and oxygen atoms in total. The van der Waals surface area contributed by atoms with Crippen LogP contribution in [0.25, 0.3) is 11.1 Å². The summed E-state index contributed by atoms with van der Waals surface area (Å²) < 4.78 is 5.70. The average Bonchev–Trinajstić information content (AvgIpc) is 2.41. The summed E-state index contributed by atoms with van der Waals surface area (Å²) >= 11 is 6.08. The van der Waals surface area contributed by atoms with E-state index in [0.717, 1.165) is 28.4 Å². The summed E-state index contributed by atoms with van der Waals surface area (Å²) in [5, 5.41) is 3.93. The minimum absolute atomic E-state index is 0.659. The van der Waals surface area contributed by atoms with Crippen molar-refractivity contribution in [3.8, 4) is 16.9 Å². The molecule has 0 aliphatic rings. The van der Waals surface area contributed by atoms with Crippen LogP contribution in [0.3, 0.4) is 0 Å². The van der Waals surface area contributed by atoms with E-state index in [1.165, 1.54) is 5.56 Å². The molecule has 0 atom stereocenters. The number of halogens is 1. The van der Waals surface area contributed by atoms with Gasteiger partial charge in [0.1, 0.15) is 5.75 Å². The van der Waals surface area contributed by atoms with E-state index in [9.17, 15) is 0 Å². The van der Waals surface area contributed by atoms with Gasteiger partial charge in [-0.25, -0.2) is 0 Å². The molecular formula is C16H18ClNO. The van der Waals surface area contributed by atoms with Crippen molar-refractivity contribution in [2.45, 2.75) is 13.5 Å². The standard InChI is InChI=1S/C16H18ClNO/c1-3-19-16-7-5-4-6-15(16)14-9-8-13(17)10-12(14)11-18-2/h4-10,18H,3,11H2,1-2H3. The van der Waals surface area contributed by atoms with Crippen LogP contribution < -0.4 is 10.1 Å². The van der Waals surface area contributed by atoms with Crippen molar-refractivity contribution in [2.75, 3.05) is 13.7 Å². The van der Waals surface area contributed by atoms with Gasteiger partial charge in [0.25, 0.3) is 0 Å². The maximum absolute atomic E-state index is 6.08. The minimum atomic E-state index is 0.659. The highest BCUT2D eigenvalue weighted by molar-refractivity contribution is 6.30. The number of ether oxygens (including phenoxy) is 1. The van der Waals surface area contributed by atoms with Crippen LogP contribution in [0, 0.1) is 0 Å². The molecule has 3 heteroatoms. The molecule has 0 aromatic heterocycles. The quantitative estimate of drug-likeness (QED) is 0.886. The van der Waals surface area contributed by atoms with E-state index in [4.69, 9.17) is 16.3 Å². The fourth-order valence-electron chi connectivity index (χ4n) is 2.13. The smallest absolute Gasteiger partial charge is 0.127 e. The van der Waals surface area contributed by atoms with E-state index in [0.29, 0.717) is 6.61 Å². The SMILES string of the molecule is CCOc1ccccc1-c1ccc(Cl)cc1CNC. The Hall–Kier alpha value is -1.51. The molecule has 0 unspecified atom stereocenters. The molecule has 0 bridgehead atoms. The van der Waals surface area contributed by atoms with Gasteiger partial charge < -0.3 is 10.1 Å². The van der Waals surface area contributed by atoms with Crippen molar-refractivity contribution in [1.29, 1.82) is 0 Å². The maximum Gasteiger partial charge on any atom is 0.127 e. The zero-order valence-electron chi connectivity index (χ0n) is 11.2. The van der Waals surface area contributed by atoms with Crippen LogP contribution in [0.4, 0.5) is 0 Å². The zero-order chi connectivity index (χ0) is 13.7. The molecule has 0 amide bonds. The monoisotopic (exact) mass is 275 g/mol. The fourth-order valence-corrected chi connectivity index (χ4v) is 2.33. The summed E-state index contributed by atoms with van der Waals surface area (Å²) in [5.74, 6) is 0.907. The molecule has 1 N–H and O–H groups in total. The normalized spacial score (nSPS) is 10.5. The first-order valence-electron chi connectivity index (χ1n) is 6.41. The Morgan fingerprint density at radius 3 is 2.63 bits per heavy atom. The largest absolute Gasteiger partial charge is 0.493 e. The third-order valence-corrected chi connectivity index (χ3v) is 3.15. The second-order valence-corrected chi connectivity index (χ2v) is 4.70. The summed E-state index contributed by atoms with van der Waals surface area (Å²) in [6.45, 7) is 3.43. The number of hydrogen-bond acceptors (Lipinski definition) is 2. The number of para-hydroxylation sites is 1. The number of benzene rings is 2. The highest BCUT2D eigenvalue weighted by atomic mass is 35.5. The van der Waals surface area contributed by atoms with E-state index >= 15 is 0 Å². The van der Waals surface area contributed by atoms with Gasteiger partial charge in [-0.1, -0.05) is 35.9 Å². The highest BCUT2D eigenvalue weighted by Crippen LogP contribution is 2.33. The van der Waals surface area contributed by atoms with Crippen LogP contribution in [-0.2, 0) is 6.54 Å². The molecule has 2 aromatic rings. The molecule has 0 aliphatic heterocycles. The van der Waals surface area contributed by atoms with Crippen LogP contribution in [0.2, 0.25) is 5.02 Å². The molecule has 0 saturated carbocycles. The Morgan fingerprint density at radius 2 is 1.89 bits per heavy atom. The molecular weight excluding hydrogens is 258 g/mol. The van der Waals surface area contributed by atoms with E-state index in [1.807, 2.05) is 50.4 Å². The minimum Gasteiger partial charge on any atom is -0.493 e. The van der Waals surface area contributed by atoms with Gasteiger partial charge in [-0.15, -0.1) is 0 Å². The summed E-state index contributed by atoms with van der Waals surface area (Å²) in [6.07, 6.45) is 0. The second kappa shape index (κ2) is 6.60. The van der Waals surface area contributed by atoms with Gasteiger partial charge in [0, 0.05) is 17.1 Å². The van der Waals surface area contributed by atoms with Gasteiger partial charge in [0.2, 0.25) is 0 Å². The number of hydrogen-bond donors (Lipinski definition) is 1. The van der Waals surface area contributed by atoms with Gasteiger partial charge in [-0.2, -0.15) is 0 Å². The lowest BCUT2D eigenvalue weighted by Crippen LogP contribution is -2.06. The predicted molar refractivity (Wildman–Crippen MR) is 80.8 cm³/mol. The average molecular weight is 276 g/mol. The Morgan fingerprint density at radius 1 is 1.11 bits per heavy atom.